The summed E-state index contributed by atoms with van der Waals surface area (Å²) >= 11 is 0. The molecule has 0 aliphatic heterocycles. The summed E-state index contributed by atoms with van der Waals surface area (Å²) in [5, 5.41) is 8.58. The summed E-state index contributed by atoms with van der Waals surface area (Å²) in [5.74, 6) is -0.670. The average Bonchev–Trinajstić information content (AvgIpc) is 2.18. The summed E-state index contributed by atoms with van der Waals surface area (Å²) < 4.78 is 12.5. The SMILES string of the molecule is Cl.NC(CCO)C(=O)c1ccc(F)cc1. The third-order valence-electron chi connectivity index (χ3n) is 1.91. The van der Waals surface area contributed by atoms with Crippen molar-refractivity contribution in [2.45, 2.75) is 12.5 Å². The highest BCUT2D eigenvalue weighted by Gasteiger charge is 2.14. The quantitative estimate of drug-likeness (QED) is 0.767. The number of aliphatic hydroxyl groups excluding tert-OH is 1. The Morgan fingerprint density at radius 1 is 1.40 bits per heavy atom. The summed E-state index contributed by atoms with van der Waals surface area (Å²) in [6, 6.07) is 4.46. The molecule has 1 aromatic carbocycles. The van der Waals surface area contributed by atoms with E-state index in [0.29, 0.717) is 5.56 Å². The van der Waals surface area contributed by atoms with Crippen molar-refractivity contribution in [3.63, 3.8) is 0 Å². The molecule has 0 aromatic heterocycles. The molecule has 0 fully saturated rings. The third-order valence-corrected chi connectivity index (χ3v) is 1.91. The monoisotopic (exact) mass is 233 g/mol. The van der Waals surface area contributed by atoms with Crippen molar-refractivity contribution in [1.82, 2.24) is 0 Å². The van der Waals surface area contributed by atoms with Gasteiger partial charge in [0.05, 0.1) is 6.04 Å². The average molecular weight is 234 g/mol. The van der Waals surface area contributed by atoms with Crippen LogP contribution in [0.4, 0.5) is 4.39 Å². The fourth-order valence-electron chi connectivity index (χ4n) is 1.10. The molecule has 1 atom stereocenters. The predicted octanol–water partition coefficient (Wildman–Crippen LogP) is 1.14. The summed E-state index contributed by atoms with van der Waals surface area (Å²) in [5.41, 5.74) is 5.86. The zero-order valence-corrected chi connectivity index (χ0v) is 8.84. The van der Waals surface area contributed by atoms with Gasteiger partial charge in [0.2, 0.25) is 0 Å². The molecule has 0 saturated heterocycles. The van der Waals surface area contributed by atoms with Crippen LogP contribution < -0.4 is 5.73 Å². The Bertz CT molecular complexity index is 316. The number of carbonyl (C=O) groups is 1. The molecule has 1 aromatic rings. The Kier molecular flexibility index (Phi) is 6.08. The van der Waals surface area contributed by atoms with Gasteiger partial charge >= 0.3 is 0 Å². The van der Waals surface area contributed by atoms with Crippen LogP contribution in [0.1, 0.15) is 16.8 Å². The standard InChI is InChI=1S/C10H12FNO2.ClH/c11-8-3-1-7(2-4-8)10(14)9(12)5-6-13;/h1-4,9,13H,5-6,12H2;1H. The van der Waals surface area contributed by atoms with E-state index in [1.54, 1.807) is 0 Å². The Morgan fingerprint density at radius 2 is 1.93 bits per heavy atom. The predicted molar refractivity (Wildman–Crippen MR) is 57.7 cm³/mol. The van der Waals surface area contributed by atoms with Crippen molar-refractivity contribution < 1.29 is 14.3 Å². The van der Waals surface area contributed by atoms with E-state index in [1.165, 1.54) is 24.3 Å². The van der Waals surface area contributed by atoms with Gasteiger partial charge in [-0.2, -0.15) is 0 Å². The van der Waals surface area contributed by atoms with Crippen LogP contribution in [0.5, 0.6) is 0 Å². The molecule has 3 N–H and O–H groups in total. The van der Waals surface area contributed by atoms with Gasteiger partial charge in [-0.1, -0.05) is 0 Å². The van der Waals surface area contributed by atoms with Crippen LogP contribution in [0.3, 0.4) is 0 Å². The minimum atomic E-state index is -0.717. The summed E-state index contributed by atoms with van der Waals surface area (Å²) in [6.07, 6.45) is 0.218. The Labute approximate surface area is 93.5 Å². The number of aliphatic hydroxyl groups is 1. The number of carbonyl (C=O) groups excluding carboxylic acids is 1. The van der Waals surface area contributed by atoms with Crippen LogP contribution in [0.25, 0.3) is 0 Å². The molecule has 0 heterocycles. The first kappa shape index (κ1) is 14.0. The lowest BCUT2D eigenvalue weighted by molar-refractivity contribution is 0.0945. The van der Waals surface area contributed by atoms with Crippen molar-refractivity contribution in [2.24, 2.45) is 5.73 Å². The number of Topliss-reactive ketones (excluding diaryl/α,β-unsaturated/α-hetero) is 1. The van der Waals surface area contributed by atoms with Crippen molar-refractivity contribution in [3.8, 4) is 0 Å². The lowest BCUT2D eigenvalue weighted by Gasteiger charge is -2.08. The number of ketones is 1. The molecule has 84 valence electrons. The van der Waals surface area contributed by atoms with E-state index in [1.807, 2.05) is 0 Å². The first-order chi connectivity index (χ1) is 6.65. The molecule has 0 spiro atoms. The Balaban J connectivity index is 0.00000196. The first-order valence-electron chi connectivity index (χ1n) is 4.31. The number of halogens is 2. The number of benzene rings is 1. The highest BCUT2D eigenvalue weighted by atomic mass is 35.5. The van der Waals surface area contributed by atoms with E-state index >= 15 is 0 Å². The van der Waals surface area contributed by atoms with Gasteiger partial charge in [0.1, 0.15) is 5.82 Å². The first-order valence-corrected chi connectivity index (χ1v) is 4.31. The van der Waals surface area contributed by atoms with E-state index in [-0.39, 0.29) is 31.2 Å². The van der Waals surface area contributed by atoms with E-state index < -0.39 is 11.9 Å². The molecule has 0 saturated carbocycles. The maximum absolute atomic E-state index is 12.5. The molecule has 3 nitrogen and oxygen atoms in total. The Morgan fingerprint density at radius 3 is 2.40 bits per heavy atom. The van der Waals surface area contributed by atoms with Crippen LogP contribution in [0.2, 0.25) is 0 Å². The molecule has 0 aliphatic carbocycles. The van der Waals surface area contributed by atoms with Gasteiger partial charge in [0, 0.05) is 12.2 Å². The third kappa shape index (κ3) is 3.95. The number of rotatable bonds is 4. The van der Waals surface area contributed by atoms with Crippen molar-refractivity contribution in [3.05, 3.63) is 35.6 Å². The van der Waals surface area contributed by atoms with E-state index in [4.69, 9.17) is 10.8 Å². The van der Waals surface area contributed by atoms with Crippen LogP contribution in [0.15, 0.2) is 24.3 Å². The van der Waals surface area contributed by atoms with Crippen LogP contribution in [-0.2, 0) is 0 Å². The van der Waals surface area contributed by atoms with E-state index in [9.17, 15) is 9.18 Å². The van der Waals surface area contributed by atoms with Gasteiger partial charge < -0.3 is 10.8 Å². The molecule has 0 bridgehead atoms. The minimum Gasteiger partial charge on any atom is -0.396 e. The highest BCUT2D eigenvalue weighted by molar-refractivity contribution is 5.99. The van der Waals surface area contributed by atoms with Gasteiger partial charge in [-0.05, 0) is 30.7 Å². The lowest BCUT2D eigenvalue weighted by atomic mass is 10.0. The zero-order chi connectivity index (χ0) is 10.6. The second-order valence-electron chi connectivity index (χ2n) is 2.99. The summed E-state index contributed by atoms with van der Waals surface area (Å²) in [6.45, 7) is -0.131. The van der Waals surface area contributed by atoms with Gasteiger partial charge in [0.15, 0.2) is 5.78 Å². The Hall–Kier alpha value is -0.970. The fraction of sp³-hybridized carbons (Fsp3) is 0.300. The minimum absolute atomic E-state index is 0. The van der Waals surface area contributed by atoms with Gasteiger partial charge in [-0.3, -0.25) is 4.79 Å². The number of hydrogen-bond acceptors (Lipinski definition) is 3. The second-order valence-corrected chi connectivity index (χ2v) is 2.99. The maximum atomic E-state index is 12.5. The molecule has 15 heavy (non-hydrogen) atoms. The molecular weight excluding hydrogens is 221 g/mol. The van der Waals surface area contributed by atoms with Crippen molar-refractivity contribution in [1.29, 1.82) is 0 Å². The molecular formula is C10H13ClFNO2. The second kappa shape index (κ2) is 6.50. The largest absolute Gasteiger partial charge is 0.396 e. The molecule has 0 radical (unpaired) electrons. The number of hydrogen-bond donors (Lipinski definition) is 2. The molecule has 1 rings (SSSR count). The van der Waals surface area contributed by atoms with Crippen molar-refractivity contribution in [2.75, 3.05) is 6.61 Å². The molecule has 5 heteroatoms. The summed E-state index contributed by atoms with van der Waals surface area (Å²) in [7, 11) is 0. The molecule has 0 amide bonds. The van der Waals surface area contributed by atoms with Gasteiger partial charge in [0.25, 0.3) is 0 Å². The van der Waals surface area contributed by atoms with Crippen LogP contribution in [-0.4, -0.2) is 23.5 Å². The zero-order valence-electron chi connectivity index (χ0n) is 8.02. The molecule has 1 unspecified atom stereocenters. The van der Waals surface area contributed by atoms with Crippen molar-refractivity contribution >= 4 is 18.2 Å². The maximum Gasteiger partial charge on any atom is 0.179 e. The smallest absolute Gasteiger partial charge is 0.179 e. The van der Waals surface area contributed by atoms with Crippen LogP contribution >= 0.6 is 12.4 Å². The van der Waals surface area contributed by atoms with E-state index in [0.717, 1.165) is 0 Å². The lowest BCUT2D eigenvalue weighted by Crippen LogP contribution is -2.31. The fourth-order valence-corrected chi connectivity index (χ4v) is 1.10. The van der Waals surface area contributed by atoms with Crippen LogP contribution in [0, 0.1) is 5.82 Å². The summed E-state index contributed by atoms with van der Waals surface area (Å²) in [4.78, 5) is 11.5. The normalized spacial score (nSPS) is 11.7. The van der Waals surface area contributed by atoms with E-state index in [2.05, 4.69) is 0 Å². The van der Waals surface area contributed by atoms with Gasteiger partial charge in [-0.25, -0.2) is 4.39 Å². The molecule has 0 aliphatic rings. The highest BCUT2D eigenvalue weighted by Crippen LogP contribution is 2.06. The topological polar surface area (TPSA) is 63.3 Å². The van der Waals surface area contributed by atoms with Gasteiger partial charge in [-0.15, -0.1) is 12.4 Å². The number of nitrogens with two attached hydrogens (primary N) is 1.